The van der Waals surface area contributed by atoms with Gasteiger partial charge < -0.3 is 5.32 Å². The summed E-state index contributed by atoms with van der Waals surface area (Å²) in [5.41, 5.74) is 1.14. The van der Waals surface area contributed by atoms with E-state index in [2.05, 4.69) is 17.3 Å². The van der Waals surface area contributed by atoms with Gasteiger partial charge in [-0.15, -0.1) is 16.7 Å². The molecule has 1 N–H and O–H groups in total. The molecule has 1 amide bonds. The van der Waals surface area contributed by atoms with Crippen LogP contribution in [-0.4, -0.2) is 22.9 Å². The van der Waals surface area contributed by atoms with Gasteiger partial charge in [0.2, 0.25) is 0 Å². The normalized spacial score (nSPS) is 15.1. The molecule has 5 nitrogen and oxygen atoms in total. The third kappa shape index (κ3) is 9.26. The van der Waals surface area contributed by atoms with Gasteiger partial charge >= 0.3 is 0 Å². The van der Waals surface area contributed by atoms with Gasteiger partial charge in [-0.25, -0.2) is 0 Å². The third-order valence-electron chi connectivity index (χ3n) is 6.63. The number of benzene rings is 2. The van der Waals surface area contributed by atoms with Crippen molar-refractivity contribution < 1.29 is 9.59 Å². The van der Waals surface area contributed by atoms with E-state index in [-0.39, 0.29) is 27.4 Å². The smallest absolute Gasteiger partial charge is 0.273 e. The average Bonchev–Trinajstić information content (AvgIpc) is 3.16. The molecule has 0 bridgehead atoms. The van der Waals surface area contributed by atoms with Gasteiger partial charge in [0, 0.05) is 17.0 Å². The molecule has 0 aliphatic carbocycles. The van der Waals surface area contributed by atoms with Crippen LogP contribution in [0.5, 0.6) is 0 Å². The molecule has 212 valence electrons. The molecule has 2 aromatic rings. The Balaban J connectivity index is 1.53. The number of amidine groups is 1. The van der Waals surface area contributed by atoms with E-state index < -0.39 is 11.3 Å². The number of nitrogens with zero attached hydrogens (tertiary/aromatic N) is 2. The first kappa shape index (κ1) is 32.0. The summed E-state index contributed by atoms with van der Waals surface area (Å²) in [6.07, 6.45) is 14.0. The van der Waals surface area contributed by atoms with Gasteiger partial charge in [0.15, 0.2) is 17.0 Å². The number of anilines is 2. The van der Waals surface area contributed by atoms with Gasteiger partial charge in [-0.05, 0) is 36.8 Å². The van der Waals surface area contributed by atoms with E-state index in [1.807, 2.05) is 0 Å². The molecule has 0 saturated heterocycles. The first-order chi connectivity index (χ1) is 18.7. The van der Waals surface area contributed by atoms with Crippen molar-refractivity contribution in [3.8, 4) is 0 Å². The molecule has 0 fully saturated rings. The number of amides is 1. The number of nitrogens with one attached hydrogen (secondary N) is 1. The summed E-state index contributed by atoms with van der Waals surface area (Å²) in [7, 11) is 0. The van der Waals surface area contributed by atoms with Crippen LogP contribution < -0.4 is 10.3 Å². The van der Waals surface area contributed by atoms with E-state index in [1.165, 1.54) is 63.5 Å². The maximum absolute atomic E-state index is 12.8. The molecule has 0 saturated carbocycles. The second-order valence-electron chi connectivity index (χ2n) is 9.74. The monoisotopic (exact) mass is 631 g/mol. The predicted octanol–water partition coefficient (Wildman–Crippen LogP) is 10.6. The van der Waals surface area contributed by atoms with Crippen LogP contribution in [0.25, 0.3) is 0 Å². The minimum atomic E-state index is -1.13. The zero-order valence-electron chi connectivity index (χ0n) is 22.1. The second kappa shape index (κ2) is 16.1. The van der Waals surface area contributed by atoms with E-state index >= 15 is 0 Å². The Morgan fingerprint density at radius 2 is 1.41 bits per heavy atom. The second-order valence-corrected chi connectivity index (χ2v) is 11.8. The maximum Gasteiger partial charge on any atom is 0.273 e. The van der Waals surface area contributed by atoms with Gasteiger partial charge in [-0.2, -0.15) is 5.01 Å². The Hall–Kier alpha value is -1.50. The number of alkyl halides is 1. The van der Waals surface area contributed by atoms with Gasteiger partial charge in [-0.3, -0.25) is 9.59 Å². The first-order valence-corrected chi connectivity index (χ1v) is 15.5. The SMILES string of the molecule is CCCCCCCCCCCCCC(=O)c1ccc(Cl)c(NC2=NN(c3c(Cl)cc(Cl)cc3Cl)C(=O)C2Cl)c1. The van der Waals surface area contributed by atoms with E-state index in [4.69, 9.17) is 58.0 Å². The van der Waals surface area contributed by atoms with E-state index in [0.29, 0.717) is 27.7 Å². The van der Waals surface area contributed by atoms with Crippen LogP contribution in [0.4, 0.5) is 11.4 Å². The molecule has 1 unspecified atom stereocenters. The van der Waals surface area contributed by atoms with Crippen molar-refractivity contribution in [2.24, 2.45) is 5.10 Å². The van der Waals surface area contributed by atoms with Crippen LogP contribution in [0, 0.1) is 0 Å². The summed E-state index contributed by atoms with van der Waals surface area (Å²) in [4.78, 5) is 25.7. The summed E-state index contributed by atoms with van der Waals surface area (Å²) in [5, 5.41) is 8.21. The van der Waals surface area contributed by atoms with Crippen LogP contribution in [0.15, 0.2) is 35.4 Å². The molecule has 10 heteroatoms. The molecule has 0 spiro atoms. The van der Waals surface area contributed by atoms with Crippen molar-refractivity contribution in [3.63, 3.8) is 0 Å². The molecule has 2 aromatic carbocycles. The number of carbonyl (C=O) groups excluding carboxylic acids is 2. The Kier molecular flexibility index (Phi) is 13.2. The highest BCUT2D eigenvalue weighted by atomic mass is 35.5. The summed E-state index contributed by atoms with van der Waals surface area (Å²) in [6, 6.07) is 7.92. The highest BCUT2D eigenvalue weighted by Crippen LogP contribution is 2.39. The molecule has 3 rings (SSSR count). The summed E-state index contributed by atoms with van der Waals surface area (Å²) in [6.45, 7) is 2.24. The Morgan fingerprint density at radius 1 is 0.846 bits per heavy atom. The highest BCUT2D eigenvalue weighted by molar-refractivity contribution is 6.49. The fraction of sp³-hybridized carbons (Fsp3) is 0.483. The van der Waals surface area contributed by atoms with Crippen molar-refractivity contribution in [3.05, 3.63) is 56.0 Å². The zero-order chi connectivity index (χ0) is 28.4. The molecule has 1 heterocycles. The van der Waals surface area contributed by atoms with E-state index in [0.717, 1.165) is 24.3 Å². The van der Waals surface area contributed by atoms with Gasteiger partial charge in [-0.1, -0.05) is 118 Å². The quantitative estimate of drug-likeness (QED) is 0.121. The number of unbranched alkanes of at least 4 members (excludes halogenated alkanes) is 10. The van der Waals surface area contributed by atoms with Gasteiger partial charge in [0.25, 0.3) is 5.91 Å². The van der Waals surface area contributed by atoms with Gasteiger partial charge in [0.05, 0.1) is 20.8 Å². The lowest BCUT2D eigenvalue weighted by molar-refractivity contribution is -0.116. The van der Waals surface area contributed by atoms with E-state index in [1.54, 1.807) is 18.2 Å². The predicted molar refractivity (Wildman–Crippen MR) is 167 cm³/mol. The third-order valence-corrected chi connectivity index (χ3v) is 8.14. The molecular weight excluding hydrogens is 600 g/mol. The van der Waals surface area contributed by atoms with Crippen LogP contribution in [0.2, 0.25) is 20.1 Å². The highest BCUT2D eigenvalue weighted by Gasteiger charge is 2.37. The first-order valence-electron chi connectivity index (χ1n) is 13.5. The molecule has 1 atom stereocenters. The molecular formula is C29H34Cl5N3O2. The van der Waals surface area contributed by atoms with Crippen molar-refractivity contribution in [1.82, 2.24) is 0 Å². The van der Waals surface area contributed by atoms with Crippen molar-refractivity contribution in [2.45, 2.75) is 89.4 Å². The fourth-order valence-electron chi connectivity index (χ4n) is 4.44. The minimum absolute atomic E-state index is 0.0406. The largest absolute Gasteiger partial charge is 0.339 e. The molecule has 1 aliphatic heterocycles. The summed E-state index contributed by atoms with van der Waals surface area (Å²) < 4.78 is 0. The lowest BCUT2D eigenvalue weighted by Crippen LogP contribution is -2.30. The Morgan fingerprint density at radius 3 is 2.00 bits per heavy atom. The number of ketones is 1. The zero-order valence-corrected chi connectivity index (χ0v) is 25.8. The summed E-state index contributed by atoms with van der Waals surface area (Å²) in [5.74, 6) is -0.357. The van der Waals surface area contributed by atoms with E-state index in [9.17, 15) is 9.59 Å². The molecule has 1 aliphatic rings. The number of hydrogen-bond donors (Lipinski definition) is 1. The van der Waals surface area contributed by atoms with Gasteiger partial charge in [0.1, 0.15) is 5.69 Å². The molecule has 0 aromatic heterocycles. The fourth-order valence-corrected chi connectivity index (χ4v) is 5.78. The van der Waals surface area contributed by atoms with Crippen molar-refractivity contribution in [2.75, 3.05) is 10.3 Å². The maximum atomic E-state index is 12.8. The Bertz CT molecular complexity index is 1160. The lowest BCUT2D eigenvalue weighted by atomic mass is 10.0. The van der Waals surface area contributed by atoms with Crippen LogP contribution in [0.3, 0.4) is 0 Å². The number of halogens is 5. The minimum Gasteiger partial charge on any atom is -0.339 e. The Labute approximate surface area is 256 Å². The topological polar surface area (TPSA) is 61.8 Å². The number of carbonyl (C=O) groups is 2. The number of hydrogen-bond acceptors (Lipinski definition) is 4. The van der Waals surface area contributed by atoms with Crippen LogP contribution in [-0.2, 0) is 4.79 Å². The van der Waals surface area contributed by atoms with Crippen molar-refractivity contribution in [1.29, 1.82) is 0 Å². The average molecular weight is 634 g/mol. The standard InChI is InChI=1S/C29H34Cl5N3O2/c1-2-3-4-5-6-7-8-9-10-11-12-13-25(38)19-14-15-21(31)24(16-19)35-28-26(34)29(39)37(36-28)27-22(32)17-20(30)18-23(27)33/h14-18,26H,2-13H2,1H3,(H,35,36). The molecule has 0 radical (unpaired) electrons. The number of Topliss-reactive ketones (excluding diaryl/α,β-unsaturated/α-hetero) is 1. The summed E-state index contributed by atoms with van der Waals surface area (Å²) >= 11 is 31.3. The number of rotatable bonds is 15. The molecule has 39 heavy (non-hydrogen) atoms. The lowest BCUT2D eigenvalue weighted by Gasteiger charge is -2.15. The number of hydrazone groups is 1. The van der Waals surface area contributed by atoms with Crippen LogP contribution in [0.1, 0.15) is 94.3 Å². The van der Waals surface area contributed by atoms with Crippen molar-refractivity contribution >= 4 is 86.9 Å². The van der Waals surface area contributed by atoms with Crippen LogP contribution >= 0.6 is 58.0 Å².